The summed E-state index contributed by atoms with van der Waals surface area (Å²) in [7, 11) is 1.51. The molecule has 9 rings (SSSR count). The van der Waals surface area contributed by atoms with Crippen LogP contribution in [0, 0.1) is 11.8 Å². The molecular formula is C46H54ClN9O7. The number of rotatable bonds is 11. The zero-order chi connectivity index (χ0) is 44.1. The highest BCUT2D eigenvalue weighted by Gasteiger charge is 2.43. The number of hydrogen-bond donors (Lipinski definition) is 4. The van der Waals surface area contributed by atoms with Crippen LogP contribution in [0.4, 0.5) is 17.5 Å². The number of carbonyl (C=O) groups excluding carboxylic acids is 4. The molecule has 63 heavy (non-hydrogen) atoms. The van der Waals surface area contributed by atoms with Crippen molar-refractivity contribution in [3.63, 3.8) is 0 Å². The molecule has 4 aliphatic heterocycles. The molecule has 0 bridgehead atoms. The van der Waals surface area contributed by atoms with Gasteiger partial charge in [-0.05, 0) is 118 Å². The number of amides is 4. The van der Waals surface area contributed by atoms with E-state index >= 15 is 0 Å². The summed E-state index contributed by atoms with van der Waals surface area (Å²) in [6.45, 7) is 6.64. The van der Waals surface area contributed by atoms with Crippen molar-refractivity contribution in [2.24, 2.45) is 11.8 Å². The normalized spacial score (nSPS) is 24.3. The van der Waals surface area contributed by atoms with Crippen molar-refractivity contribution in [3.05, 3.63) is 80.7 Å². The quantitative estimate of drug-likeness (QED) is 0.150. The fourth-order valence-corrected chi connectivity index (χ4v) is 10.5. The monoisotopic (exact) mass is 879 g/mol. The van der Waals surface area contributed by atoms with E-state index in [0.29, 0.717) is 83.3 Å². The van der Waals surface area contributed by atoms with Gasteiger partial charge in [0.15, 0.2) is 18.2 Å². The van der Waals surface area contributed by atoms with E-state index in [-0.39, 0.29) is 54.0 Å². The standard InChI is InChI=1S/C46H54ClN9O7/c1-25(2)56-36-11-7-32(17-29(36)18-38(45(56)62)63-24-40(58)48-3)50-42-35(47)20-49-46(52-42)54-15-14-28(19-41(54)59)31-21-53(22-31)33-8-4-26(5-9-33)27-6-10-34-30(16-27)23-55(44(34)61)37-12-13-39(57)51-43(37)60/h6-7,10-11,16-18,20,25-26,28,31,33,37,41,59H,4-5,8-9,12-15,19,21-24H2,1-3H3,(H,48,58)(H,49,50,52)(H,51,57,60). The number of nitrogens with zero attached hydrogens (tertiary/aromatic N) is 6. The van der Waals surface area contributed by atoms with Gasteiger partial charge in [-0.25, -0.2) is 4.98 Å². The predicted molar refractivity (Wildman–Crippen MR) is 237 cm³/mol. The highest BCUT2D eigenvalue weighted by Crippen LogP contribution is 2.42. The first kappa shape index (κ1) is 42.7. The Morgan fingerprint density at radius 2 is 1.78 bits per heavy atom. The predicted octanol–water partition coefficient (Wildman–Crippen LogP) is 4.85. The van der Waals surface area contributed by atoms with Gasteiger partial charge in [0.1, 0.15) is 17.3 Å². The Hall–Kier alpha value is -5.58. The number of imide groups is 1. The van der Waals surface area contributed by atoms with Gasteiger partial charge in [0.05, 0.1) is 11.7 Å². The van der Waals surface area contributed by atoms with Gasteiger partial charge in [0, 0.05) is 68.4 Å². The highest BCUT2D eigenvalue weighted by molar-refractivity contribution is 6.33. The molecule has 4 N–H and O–H groups in total. The lowest BCUT2D eigenvalue weighted by Crippen LogP contribution is -2.57. The van der Waals surface area contributed by atoms with Gasteiger partial charge in [0.2, 0.25) is 17.8 Å². The summed E-state index contributed by atoms with van der Waals surface area (Å²) in [5.41, 5.74) is 3.94. The molecule has 3 saturated heterocycles. The number of fused-ring (bicyclic) bond motifs is 2. The van der Waals surface area contributed by atoms with Crippen molar-refractivity contribution in [2.75, 3.05) is 43.5 Å². The number of likely N-dealkylation sites (N-methyl/N-ethyl adjacent to an activating group) is 1. The minimum Gasteiger partial charge on any atom is -0.478 e. The first-order chi connectivity index (χ1) is 30.3. The Labute approximate surface area is 370 Å². The minimum atomic E-state index is -0.734. The Morgan fingerprint density at radius 3 is 2.51 bits per heavy atom. The fraction of sp³-hybridized carbons (Fsp3) is 0.500. The van der Waals surface area contributed by atoms with Crippen molar-refractivity contribution in [3.8, 4) is 5.75 Å². The lowest BCUT2D eigenvalue weighted by molar-refractivity contribution is -0.137. The molecule has 2 aromatic heterocycles. The largest absolute Gasteiger partial charge is 0.478 e. The Bertz CT molecular complexity index is 2520. The summed E-state index contributed by atoms with van der Waals surface area (Å²) in [4.78, 5) is 77.8. The molecule has 5 aliphatic rings. The van der Waals surface area contributed by atoms with Crippen LogP contribution in [-0.2, 0) is 20.9 Å². The third-order valence-electron chi connectivity index (χ3n) is 13.9. The SMILES string of the molecule is CNC(=O)COc1cc2cc(Nc3nc(N4CCC(C5CN(C6CCC(c7ccc8c(c7)CN(C7CCC(=O)NC7=O)C8=O)CC6)C5)CC4O)ncc3Cl)ccc2n(C(C)C)c1=O. The van der Waals surface area contributed by atoms with Crippen molar-refractivity contribution >= 4 is 63.6 Å². The molecule has 6 heterocycles. The highest BCUT2D eigenvalue weighted by atomic mass is 35.5. The number of piperidine rings is 2. The van der Waals surface area contributed by atoms with E-state index in [9.17, 15) is 29.1 Å². The Balaban J connectivity index is 0.774. The summed E-state index contributed by atoms with van der Waals surface area (Å²) in [6.07, 6.45) is 7.37. The smallest absolute Gasteiger partial charge is 0.293 e. The number of halogens is 1. The molecule has 1 saturated carbocycles. The van der Waals surface area contributed by atoms with Gasteiger partial charge in [-0.2, -0.15) is 4.98 Å². The zero-order valence-electron chi connectivity index (χ0n) is 35.8. The molecule has 332 valence electrons. The summed E-state index contributed by atoms with van der Waals surface area (Å²) < 4.78 is 7.25. The number of anilines is 3. The molecule has 4 fully saturated rings. The van der Waals surface area contributed by atoms with Crippen LogP contribution in [0.2, 0.25) is 5.02 Å². The van der Waals surface area contributed by atoms with Crippen molar-refractivity contribution in [1.82, 2.24) is 35.0 Å². The molecule has 17 heteroatoms. The molecule has 3 atom stereocenters. The molecule has 1 aliphatic carbocycles. The number of aliphatic hydroxyl groups is 1. The van der Waals surface area contributed by atoms with Crippen LogP contribution in [0.1, 0.15) is 98.7 Å². The first-order valence-corrected chi connectivity index (χ1v) is 22.5. The van der Waals surface area contributed by atoms with Crippen LogP contribution in [0.3, 0.4) is 0 Å². The second-order valence-corrected chi connectivity index (χ2v) is 18.4. The van der Waals surface area contributed by atoms with Crippen molar-refractivity contribution < 1.29 is 29.0 Å². The molecule has 16 nitrogen and oxygen atoms in total. The average Bonchev–Trinajstić information content (AvgIpc) is 3.58. The van der Waals surface area contributed by atoms with E-state index in [1.165, 1.54) is 18.8 Å². The van der Waals surface area contributed by atoms with E-state index in [2.05, 4.69) is 38.0 Å². The average molecular weight is 880 g/mol. The maximum Gasteiger partial charge on any atom is 0.293 e. The van der Waals surface area contributed by atoms with Crippen molar-refractivity contribution in [2.45, 2.75) is 102 Å². The van der Waals surface area contributed by atoms with E-state index in [4.69, 9.17) is 21.3 Å². The van der Waals surface area contributed by atoms with E-state index in [1.54, 1.807) is 15.5 Å². The number of carbonyl (C=O) groups is 4. The lowest BCUT2D eigenvalue weighted by atomic mass is 9.75. The zero-order valence-corrected chi connectivity index (χ0v) is 36.6. The van der Waals surface area contributed by atoms with Crippen LogP contribution in [0.5, 0.6) is 5.75 Å². The third kappa shape index (κ3) is 8.47. The second-order valence-electron chi connectivity index (χ2n) is 18.0. The number of benzene rings is 2. The number of ether oxygens (including phenoxy) is 1. The van der Waals surface area contributed by atoms with Crippen molar-refractivity contribution in [1.29, 1.82) is 0 Å². The molecule has 0 spiro atoms. The molecule has 2 aromatic carbocycles. The van der Waals surface area contributed by atoms with Gasteiger partial charge in [-0.15, -0.1) is 0 Å². The third-order valence-corrected chi connectivity index (χ3v) is 14.1. The van der Waals surface area contributed by atoms with Gasteiger partial charge in [-0.3, -0.25) is 34.2 Å². The van der Waals surface area contributed by atoms with Gasteiger partial charge >= 0.3 is 0 Å². The maximum absolute atomic E-state index is 13.3. The summed E-state index contributed by atoms with van der Waals surface area (Å²) in [6, 6.07) is 13.1. The fourth-order valence-electron chi connectivity index (χ4n) is 10.3. The van der Waals surface area contributed by atoms with Crippen LogP contribution in [0.25, 0.3) is 10.9 Å². The van der Waals surface area contributed by atoms with Gasteiger partial charge in [0.25, 0.3) is 17.4 Å². The van der Waals surface area contributed by atoms with E-state index in [0.717, 1.165) is 56.1 Å². The summed E-state index contributed by atoms with van der Waals surface area (Å²) in [5.74, 6) is 1.06. The molecule has 3 unspecified atom stereocenters. The number of aromatic nitrogens is 3. The Kier molecular flexibility index (Phi) is 11.9. The van der Waals surface area contributed by atoms with E-state index in [1.807, 2.05) is 43.0 Å². The molecule has 0 radical (unpaired) electrons. The van der Waals surface area contributed by atoms with Crippen LogP contribution in [0.15, 0.2) is 53.5 Å². The van der Waals surface area contributed by atoms with Crippen LogP contribution < -0.4 is 31.1 Å². The van der Waals surface area contributed by atoms with E-state index < -0.39 is 12.3 Å². The number of pyridine rings is 1. The maximum atomic E-state index is 13.3. The second kappa shape index (κ2) is 17.5. The molecule has 4 amide bonds. The van der Waals surface area contributed by atoms with Gasteiger partial charge < -0.3 is 34.8 Å². The number of nitrogens with one attached hydrogen (secondary N) is 3. The summed E-state index contributed by atoms with van der Waals surface area (Å²) in [5, 5.41) is 20.6. The number of likely N-dealkylation sites (tertiary alicyclic amines) is 1. The number of hydrogen-bond acceptors (Lipinski definition) is 12. The lowest BCUT2D eigenvalue weighted by Gasteiger charge is -2.51. The topological polar surface area (TPSA) is 191 Å². The molecule has 4 aromatic rings. The minimum absolute atomic E-state index is 0.0749. The number of aliphatic hydroxyl groups excluding tert-OH is 1. The first-order valence-electron chi connectivity index (χ1n) is 22.1. The van der Waals surface area contributed by atoms with Gasteiger partial charge in [-0.1, -0.05) is 23.7 Å². The van der Waals surface area contributed by atoms with Crippen LogP contribution >= 0.6 is 11.6 Å². The Morgan fingerprint density at radius 1 is 0.984 bits per heavy atom. The summed E-state index contributed by atoms with van der Waals surface area (Å²) >= 11 is 6.60. The molecular weight excluding hydrogens is 826 g/mol. The van der Waals surface area contributed by atoms with Crippen LogP contribution in [-0.4, -0.2) is 105 Å².